The number of nitrogens with one attached hydrogen (secondary N) is 2. The monoisotopic (exact) mass is 348 g/mol. The molecule has 1 heterocycles. The van der Waals surface area contributed by atoms with Crippen molar-refractivity contribution in [3.63, 3.8) is 0 Å². The molecule has 0 aromatic heterocycles. The van der Waals surface area contributed by atoms with E-state index in [1.807, 2.05) is 13.0 Å². The summed E-state index contributed by atoms with van der Waals surface area (Å²) in [5.41, 5.74) is 0.814. The van der Waals surface area contributed by atoms with Gasteiger partial charge in [-0.25, -0.2) is 4.39 Å². The molecule has 2 N–H and O–H groups in total. The largest absolute Gasteiger partial charge is 0.381 e. The van der Waals surface area contributed by atoms with Gasteiger partial charge in [0.25, 0.3) is 0 Å². The third-order valence-electron chi connectivity index (χ3n) is 5.73. The van der Waals surface area contributed by atoms with Crippen molar-refractivity contribution >= 4 is 5.91 Å². The van der Waals surface area contributed by atoms with Crippen LogP contribution in [0.3, 0.4) is 0 Å². The molecule has 5 heteroatoms. The lowest BCUT2D eigenvalue weighted by Crippen LogP contribution is -2.51. The number of amides is 1. The number of halogens is 1. The summed E-state index contributed by atoms with van der Waals surface area (Å²) in [4.78, 5) is 12.4. The van der Waals surface area contributed by atoms with E-state index in [2.05, 4.69) is 10.6 Å². The van der Waals surface area contributed by atoms with Crippen LogP contribution in [-0.4, -0.2) is 37.7 Å². The standard InChI is InChI=1S/C20H29FN2O2/c1-15(19(24)23-18-7-2-3-8-18)22-14-20(9-11-25-12-10-20)16-5-4-6-17(21)13-16/h4-6,13,15,18,22H,2-3,7-12,14H2,1H3,(H,23,24)/t15-/m1/s1. The predicted molar refractivity (Wildman–Crippen MR) is 96.0 cm³/mol. The highest BCUT2D eigenvalue weighted by atomic mass is 19.1. The quantitative estimate of drug-likeness (QED) is 0.831. The van der Waals surface area contributed by atoms with E-state index < -0.39 is 0 Å². The SMILES string of the molecule is C[C@@H](NCC1(c2cccc(F)c2)CCOCC1)C(=O)NC1CCCC1. The maximum absolute atomic E-state index is 13.7. The molecule has 0 spiro atoms. The van der Waals surface area contributed by atoms with Crippen molar-refractivity contribution in [1.29, 1.82) is 0 Å². The van der Waals surface area contributed by atoms with Crippen LogP contribution in [0.5, 0.6) is 0 Å². The minimum absolute atomic E-state index is 0.0633. The van der Waals surface area contributed by atoms with Gasteiger partial charge >= 0.3 is 0 Å². The molecule has 4 nitrogen and oxygen atoms in total. The Kier molecular flexibility index (Phi) is 6.07. The average molecular weight is 348 g/mol. The van der Waals surface area contributed by atoms with Gasteiger partial charge in [-0.2, -0.15) is 0 Å². The highest BCUT2D eigenvalue weighted by molar-refractivity contribution is 5.81. The van der Waals surface area contributed by atoms with Crippen molar-refractivity contribution < 1.29 is 13.9 Å². The first-order valence-electron chi connectivity index (χ1n) is 9.47. The second-order valence-corrected chi connectivity index (χ2v) is 7.50. The third kappa shape index (κ3) is 4.59. The first-order valence-corrected chi connectivity index (χ1v) is 9.47. The molecule has 138 valence electrons. The molecule has 1 aliphatic heterocycles. The molecule has 1 saturated carbocycles. The fourth-order valence-electron chi connectivity index (χ4n) is 3.99. The molecule has 1 saturated heterocycles. The zero-order chi connectivity index (χ0) is 17.7. The molecule has 2 fully saturated rings. The number of carbonyl (C=O) groups excluding carboxylic acids is 1. The molecule has 0 unspecified atom stereocenters. The summed E-state index contributed by atoms with van der Waals surface area (Å²) in [7, 11) is 0. The van der Waals surface area contributed by atoms with Crippen LogP contribution in [0, 0.1) is 5.82 Å². The lowest BCUT2D eigenvalue weighted by Gasteiger charge is -2.38. The Morgan fingerprint density at radius 3 is 2.72 bits per heavy atom. The first-order chi connectivity index (χ1) is 12.1. The molecule has 3 rings (SSSR count). The van der Waals surface area contributed by atoms with E-state index in [-0.39, 0.29) is 23.2 Å². The lowest BCUT2D eigenvalue weighted by atomic mass is 9.74. The van der Waals surface area contributed by atoms with Gasteiger partial charge in [-0.1, -0.05) is 25.0 Å². The molecular weight excluding hydrogens is 319 g/mol. The molecule has 0 bridgehead atoms. The van der Waals surface area contributed by atoms with Crippen molar-refractivity contribution in [2.75, 3.05) is 19.8 Å². The van der Waals surface area contributed by atoms with Gasteiger partial charge in [0, 0.05) is 31.2 Å². The van der Waals surface area contributed by atoms with Crippen molar-refractivity contribution in [2.24, 2.45) is 0 Å². The van der Waals surface area contributed by atoms with E-state index in [0.717, 1.165) is 31.2 Å². The molecule has 1 amide bonds. The van der Waals surface area contributed by atoms with Gasteiger partial charge in [0.05, 0.1) is 6.04 Å². The third-order valence-corrected chi connectivity index (χ3v) is 5.73. The van der Waals surface area contributed by atoms with Crippen LogP contribution in [0.15, 0.2) is 24.3 Å². The zero-order valence-corrected chi connectivity index (χ0v) is 15.0. The summed E-state index contributed by atoms with van der Waals surface area (Å²) in [5.74, 6) is -0.149. The summed E-state index contributed by atoms with van der Waals surface area (Å²) < 4.78 is 19.2. The van der Waals surface area contributed by atoms with Gasteiger partial charge in [-0.15, -0.1) is 0 Å². The van der Waals surface area contributed by atoms with Crippen molar-refractivity contribution in [2.45, 2.75) is 62.9 Å². The maximum atomic E-state index is 13.7. The fraction of sp³-hybridized carbons (Fsp3) is 0.650. The van der Waals surface area contributed by atoms with Crippen LogP contribution in [0.4, 0.5) is 4.39 Å². The Hall–Kier alpha value is -1.46. The number of carbonyl (C=O) groups is 1. The molecule has 2 aliphatic rings. The van der Waals surface area contributed by atoms with E-state index in [9.17, 15) is 9.18 Å². The minimum Gasteiger partial charge on any atom is -0.381 e. The Morgan fingerprint density at radius 2 is 2.04 bits per heavy atom. The average Bonchev–Trinajstić information content (AvgIpc) is 3.13. The molecule has 1 aromatic carbocycles. The normalized spacial score (nSPS) is 21.8. The summed E-state index contributed by atoms with van der Waals surface area (Å²) in [6.45, 7) is 3.89. The topological polar surface area (TPSA) is 50.4 Å². The van der Waals surface area contributed by atoms with Crippen molar-refractivity contribution in [1.82, 2.24) is 10.6 Å². The van der Waals surface area contributed by atoms with Gasteiger partial charge in [-0.05, 0) is 50.3 Å². The summed E-state index contributed by atoms with van der Waals surface area (Å²) >= 11 is 0. The predicted octanol–water partition coefficient (Wildman–Crippen LogP) is 2.91. The highest BCUT2D eigenvalue weighted by Crippen LogP contribution is 2.34. The van der Waals surface area contributed by atoms with E-state index in [0.29, 0.717) is 25.8 Å². The zero-order valence-electron chi connectivity index (χ0n) is 15.0. The molecule has 1 aromatic rings. The van der Waals surface area contributed by atoms with Gasteiger partial charge in [0.15, 0.2) is 0 Å². The summed E-state index contributed by atoms with van der Waals surface area (Å²) in [6.07, 6.45) is 6.25. The number of hydrogen-bond acceptors (Lipinski definition) is 3. The van der Waals surface area contributed by atoms with Crippen LogP contribution < -0.4 is 10.6 Å². The highest BCUT2D eigenvalue weighted by Gasteiger charge is 2.35. The van der Waals surface area contributed by atoms with E-state index in [4.69, 9.17) is 4.74 Å². The van der Waals surface area contributed by atoms with Gasteiger partial charge < -0.3 is 15.4 Å². The van der Waals surface area contributed by atoms with E-state index in [1.54, 1.807) is 12.1 Å². The molecule has 1 atom stereocenters. The van der Waals surface area contributed by atoms with Crippen LogP contribution in [0.2, 0.25) is 0 Å². The number of rotatable bonds is 6. The van der Waals surface area contributed by atoms with Crippen LogP contribution in [0.1, 0.15) is 51.0 Å². The van der Waals surface area contributed by atoms with Gasteiger partial charge in [0.1, 0.15) is 5.82 Å². The first kappa shape index (κ1) is 18.3. The van der Waals surface area contributed by atoms with E-state index in [1.165, 1.54) is 18.9 Å². The lowest BCUT2D eigenvalue weighted by molar-refractivity contribution is -0.123. The maximum Gasteiger partial charge on any atom is 0.237 e. The fourth-order valence-corrected chi connectivity index (χ4v) is 3.99. The molecule has 1 aliphatic carbocycles. The second kappa shape index (κ2) is 8.28. The molecular formula is C20H29FN2O2. The minimum atomic E-state index is -0.256. The molecule has 0 radical (unpaired) electrons. The van der Waals surface area contributed by atoms with Crippen molar-refractivity contribution in [3.8, 4) is 0 Å². The Morgan fingerprint density at radius 1 is 1.32 bits per heavy atom. The summed E-state index contributed by atoms with van der Waals surface area (Å²) in [6, 6.07) is 6.92. The van der Waals surface area contributed by atoms with Crippen LogP contribution >= 0.6 is 0 Å². The Balaban J connectivity index is 1.63. The molecule has 25 heavy (non-hydrogen) atoms. The number of benzene rings is 1. The Labute approximate surface area is 149 Å². The summed E-state index contributed by atoms with van der Waals surface area (Å²) in [5, 5.41) is 6.54. The smallest absolute Gasteiger partial charge is 0.237 e. The van der Waals surface area contributed by atoms with E-state index >= 15 is 0 Å². The Bertz CT molecular complexity index is 581. The van der Waals surface area contributed by atoms with Gasteiger partial charge in [0.2, 0.25) is 5.91 Å². The van der Waals surface area contributed by atoms with Crippen molar-refractivity contribution in [3.05, 3.63) is 35.6 Å². The second-order valence-electron chi connectivity index (χ2n) is 7.50. The number of hydrogen-bond donors (Lipinski definition) is 2. The van der Waals surface area contributed by atoms with Crippen LogP contribution in [-0.2, 0) is 14.9 Å². The van der Waals surface area contributed by atoms with Crippen LogP contribution in [0.25, 0.3) is 0 Å². The number of ether oxygens (including phenoxy) is 1. The van der Waals surface area contributed by atoms with Gasteiger partial charge in [-0.3, -0.25) is 4.79 Å².